The van der Waals surface area contributed by atoms with Crippen molar-refractivity contribution in [3.8, 4) is 0 Å². The van der Waals surface area contributed by atoms with Crippen molar-refractivity contribution in [2.45, 2.75) is 65.4 Å². The van der Waals surface area contributed by atoms with E-state index in [0.29, 0.717) is 17.8 Å². The summed E-state index contributed by atoms with van der Waals surface area (Å²) in [5.74, 6) is -0.328. The van der Waals surface area contributed by atoms with Gasteiger partial charge in [-0.25, -0.2) is 4.79 Å². The average molecular weight is 306 g/mol. The summed E-state index contributed by atoms with van der Waals surface area (Å²) in [6.07, 6.45) is 5.18. The van der Waals surface area contributed by atoms with E-state index in [1.54, 1.807) is 0 Å². The Balaban J connectivity index is 2.26. The molecule has 4 atom stereocenters. The molecular formula is C19H30O3. The van der Waals surface area contributed by atoms with Crippen LogP contribution in [0.25, 0.3) is 0 Å². The lowest BCUT2D eigenvalue weighted by atomic mass is 9.47. The standard InChI is InChI=1S/C19H30O3/c1-12-7-8-16-18(3,4)9-6-10-19(16,5)14(12)11-15(20)13(2)17(21)22/h14-16,20H,1-2,6-11H2,3-5H3,(H,21,22)/t14-,15+,16-,19+/m0/s1. The maximum atomic E-state index is 11.0. The van der Waals surface area contributed by atoms with Gasteiger partial charge in [-0.15, -0.1) is 0 Å². The number of aliphatic carboxylic acids is 1. The summed E-state index contributed by atoms with van der Waals surface area (Å²) in [5.41, 5.74) is 1.49. The zero-order valence-corrected chi connectivity index (χ0v) is 14.2. The van der Waals surface area contributed by atoms with Crippen LogP contribution in [0.3, 0.4) is 0 Å². The molecule has 2 aliphatic rings. The van der Waals surface area contributed by atoms with Crippen molar-refractivity contribution >= 4 is 5.97 Å². The van der Waals surface area contributed by atoms with E-state index in [2.05, 4.69) is 33.9 Å². The first-order valence-electron chi connectivity index (χ1n) is 8.37. The van der Waals surface area contributed by atoms with Crippen LogP contribution in [0, 0.1) is 22.7 Å². The first-order chi connectivity index (χ1) is 10.1. The Hall–Kier alpha value is -1.09. The molecular weight excluding hydrogens is 276 g/mol. The van der Waals surface area contributed by atoms with Crippen LogP contribution in [-0.4, -0.2) is 22.3 Å². The zero-order chi connectivity index (χ0) is 16.7. The van der Waals surface area contributed by atoms with E-state index in [9.17, 15) is 9.90 Å². The molecule has 0 bridgehead atoms. The molecule has 2 aliphatic carbocycles. The highest BCUT2D eigenvalue weighted by Crippen LogP contribution is 2.61. The summed E-state index contributed by atoms with van der Waals surface area (Å²) in [6.45, 7) is 14.8. The third-order valence-electron chi connectivity index (χ3n) is 6.45. The van der Waals surface area contributed by atoms with E-state index in [1.807, 2.05) is 0 Å². The second-order valence-corrected chi connectivity index (χ2v) is 8.23. The van der Waals surface area contributed by atoms with Crippen molar-refractivity contribution in [1.29, 1.82) is 0 Å². The number of fused-ring (bicyclic) bond motifs is 1. The first kappa shape index (κ1) is 17.3. The lowest BCUT2D eigenvalue weighted by Crippen LogP contribution is -2.50. The van der Waals surface area contributed by atoms with Crippen molar-refractivity contribution in [2.24, 2.45) is 22.7 Å². The van der Waals surface area contributed by atoms with Crippen molar-refractivity contribution < 1.29 is 15.0 Å². The molecule has 0 spiro atoms. The Kier molecular flexibility index (Phi) is 4.59. The van der Waals surface area contributed by atoms with Gasteiger partial charge in [0.25, 0.3) is 0 Å². The predicted molar refractivity (Wildman–Crippen MR) is 88.5 cm³/mol. The Bertz CT molecular complexity index is 491. The summed E-state index contributed by atoms with van der Waals surface area (Å²) in [7, 11) is 0. The van der Waals surface area contributed by atoms with Crippen LogP contribution in [0.5, 0.6) is 0 Å². The molecule has 2 fully saturated rings. The molecule has 2 rings (SSSR count). The van der Waals surface area contributed by atoms with E-state index in [4.69, 9.17) is 5.11 Å². The average Bonchev–Trinajstić information content (AvgIpc) is 2.40. The van der Waals surface area contributed by atoms with Gasteiger partial charge >= 0.3 is 5.97 Å². The summed E-state index contributed by atoms with van der Waals surface area (Å²) in [5, 5.41) is 19.3. The highest BCUT2D eigenvalue weighted by atomic mass is 16.4. The van der Waals surface area contributed by atoms with Gasteiger partial charge in [-0.2, -0.15) is 0 Å². The minimum absolute atomic E-state index is 0.103. The normalized spacial score (nSPS) is 35.5. The molecule has 0 aromatic rings. The molecule has 0 aliphatic heterocycles. The highest BCUT2D eigenvalue weighted by Gasteiger charge is 2.53. The van der Waals surface area contributed by atoms with Gasteiger partial charge in [0, 0.05) is 0 Å². The Morgan fingerprint density at radius 1 is 1.36 bits per heavy atom. The number of hydrogen-bond donors (Lipinski definition) is 2. The number of aliphatic hydroxyl groups excluding tert-OH is 1. The molecule has 0 saturated heterocycles. The van der Waals surface area contributed by atoms with Crippen molar-refractivity contribution in [3.63, 3.8) is 0 Å². The van der Waals surface area contributed by atoms with E-state index < -0.39 is 12.1 Å². The number of allylic oxidation sites excluding steroid dienone is 1. The van der Waals surface area contributed by atoms with E-state index >= 15 is 0 Å². The van der Waals surface area contributed by atoms with Gasteiger partial charge < -0.3 is 10.2 Å². The Morgan fingerprint density at radius 2 is 2.00 bits per heavy atom. The van der Waals surface area contributed by atoms with Gasteiger partial charge in [0.15, 0.2) is 0 Å². The number of carbonyl (C=O) groups is 1. The molecule has 2 N–H and O–H groups in total. The number of rotatable bonds is 4. The van der Waals surface area contributed by atoms with Crippen LogP contribution in [0.15, 0.2) is 24.3 Å². The molecule has 0 radical (unpaired) electrons. The number of carboxylic acid groups (broad SMARTS) is 1. The van der Waals surface area contributed by atoms with E-state index in [1.165, 1.54) is 18.4 Å². The minimum Gasteiger partial charge on any atom is -0.478 e. The molecule has 3 nitrogen and oxygen atoms in total. The van der Waals surface area contributed by atoms with Gasteiger partial charge in [0.1, 0.15) is 0 Å². The lowest BCUT2D eigenvalue weighted by Gasteiger charge is -2.58. The Morgan fingerprint density at radius 3 is 2.59 bits per heavy atom. The molecule has 0 aromatic carbocycles. The van der Waals surface area contributed by atoms with Crippen molar-refractivity contribution in [3.05, 3.63) is 24.3 Å². The number of aliphatic hydroxyl groups is 1. The van der Waals surface area contributed by atoms with Crippen LogP contribution in [-0.2, 0) is 4.79 Å². The lowest BCUT2D eigenvalue weighted by molar-refractivity contribution is -0.134. The molecule has 3 heteroatoms. The Labute approximate surface area is 134 Å². The van der Waals surface area contributed by atoms with Crippen LogP contribution in [0.1, 0.15) is 59.3 Å². The van der Waals surface area contributed by atoms with Crippen LogP contribution < -0.4 is 0 Å². The van der Waals surface area contributed by atoms with E-state index in [-0.39, 0.29) is 16.9 Å². The van der Waals surface area contributed by atoms with Crippen LogP contribution >= 0.6 is 0 Å². The predicted octanol–water partition coefficient (Wildman–Crippen LogP) is 4.18. The van der Waals surface area contributed by atoms with Crippen LogP contribution in [0.2, 0.25) is 0 Å². The molecule has 0 aromatic heterocycles. The van der Waals surface area contributed by atoms with E-state index in [0.717, 1.165) is 19.3 Å². The maximum Gasteiger partial charge on any atom is 0.333 e. The number of carboxylic acids is 1. The quantitative estimate of drug-likeness (QED) is 0.605. The SMILES string of the molecule is C=C(C(=O)O)[C@H](O)C[C@H]1C(=C)CC[C@H]2C(C)(C)CCC[C@]12C. The van der Waals surface area contributed by atoms with Gasteiger partial charge in [0.2, 0.25) is 0 Å². The minimum atomic E-state index is -1.11. The second-order valence-electron chi connectivity index (χ2n) is 8.23. The van der Waals surface area contributed by atoms with Gasteiger partial charge in [0.05, 0.1) is 11.7 Å². The summed E-state index contributed by atoms with van der Waals surface area (Å²) in [6, 6.07) is 0. The largest absolute Gasteiger partial charge is 0.478 e. The monoisotopic (exact) mass is 306 g/mol. The fourth-order valence-corrected chi connectivity index (χ4v) is 5.22. The van der Waals surface area contributed by atoms with Gasteiger partial charge in [-0.3, -0.25) is 0 Å². The topological polar surface area (TPSA) is 57.5 Å². The molecule has 2 saturated carbocycles. The number of hydrogen-bond acceptors (Lipinski definition) is 2. The molecule has 124 valence electrons. The van der Waals surface area contributed by atoms with Gasteiger partial charge in [-0.1, -0.05) is 45.9 Å². The van der Waals surface area contributed by atoms with Crippen molar-refractivity contribution in [1.82, 2.24) is 0 Å². The maximum absolute atomic E-state index is 11.0. The summed E-state index contributed by atoms with van der Waals surface area (Å²) >= 11 is 0. The summed E-state index contributed by atoms with van der Waals surface area (Å²) < 4.78 is 0. The first-order valence-corrected chi connectivity index (χ1v) is 8.37. The van der Waals surface area contributed by atoms with Crippen LogP contribution in [0.4, 0.5) is 0 Å². The molecule has 22 heavy (non-hydrogen) atoms. The third-order valence-corrected chi connectivity index (χ3v) is 6.45. The molecule has 0 heterocycles. The third kappa shape index (κ3) is 2.88. The fourth-order valence-electron chi connectivity index (χ4n) is 5.22. The van der Waals surface area contributed by atoms with Crippen molar-refractivity contribution in [2.75, 3.05) is 0 Å². The molecule has 0 unspecified atom stereocenters. The molecule has 0 amide bonds. The smallest absolute Gasteiger partial charge is 0.333 e. The fraction of sp³-hybridized carbons (Fsp3) is 0.737. The summed E-state index contributed by atoms with van der Waals surface area (Å²) in [4.78, 5) is 11.0. The second kappa shape index (κ2) is 5.84. The van der Waals surface area contributed by atoms with Gasteiger partial charge in [-0.05, 0) is 54.8 Å². The zero-order valence-electron chi connectivity index (χ0n) is 14.2. The highest BCUT2D eigenvalue weighted by molar-refractivity contribution is 5.86.